The van der Waals surface area contributed by atoms with E-state index in [9.17, 15) is 9.59 Å². The van der Waals surface area contributed by atoms with E-state index in [0.717, 1.165) is 71.0 Å². The monoisotopic (exact) mass is 394 g/mol. The van der Waals surface area contributed by atoms with Gasteiger partial charge in [-0.15, -0.1) is 0 Å². The number of allylic oxidation sites excluding steroid dienone is 1. The van der Waals surface area contributed by atoms with Crippen LogP contribution in [0.15, 0.2) is 12.2 Å². The van der Waals surface area contributed by atoms with E-state index in [1.54, 1.807) is 0 Å². The summed E-state index contributed by atoms with van der Waals surface area (Å²) in [6.07, 6.45) is 15.4. The van der Waals surface area contributed by atoms with E-state index in [1.165, 1.54) is 13.5 Å². The zero-order valence-electron chi connectivity index (χ0n) is 17.1. The van der Waals surface area contributed by atoms with Gasteiger partial charge in [0.25, 0.3) is 0 Å². The van der Waals surface area contributed by atoms with Crippen LogP contribution in [0.1, 0.15) is 77.0 Å². The van der Waals surface area contributed by atoms with Crippen molar-refractivity contribution in [2.45, 2.75) is 88.9 Å². The molecule has 3 rings (SSSR count). The van der Waals surface area contributed by atoms with Gasteiger partial charge in [0, 0.05) is 18.6 Å². The number of hydrogen-bond acceptors (Lipinski definition) is 6. The van der Waals surface area contributed by atoms with Crippen molar-refractivity contribution >= 4 is 11.9 Å². The summed E-state index contributed by atoms with van der Waals surface area (Å²) in [5, 5.41) is 0. The number of unbranched alkanes of at least 4 members (excludes halogenated alkanes) is 4. The Hall–Kier alpha value is -1.40. The molecule has 0 N–H and O–H groups in total. The summed E-state index contributed by atoms with van der Waals surface area (Å²) >= 11 is 0. The third kappa shape index (κ3) is 4.60. The molecule has 6 heteroatoms. The Morgan fingerprint density at radius 1 is 1.18 bits per heavy atom. The normalized spacial score (nSPS) is 32.5. The third-order valence-corrected chi connectivity index (χ3v) is 6.36. The summed E-state index contributed by atoms with van der Waals surface area (Å²) in [5.74, 6) is -0.709. The first-order valence-electron chi connectivity index (χ1n) is 10.8. The van der Waals surface area contributed by atoms with Crippen molar-refractivity contribution in [2.75, 3.05) is 20.3 Å². The van der Waals surface area contributed by atoms with Crippen molar-refractivity contribution in [1.29, 1.82) is 0 Å². The lowest BCUT2D eigenvalue weighted by atomic mass is 9.73. The molecule has 0 aromatic heterocycles. The second kappa shape index (κ2) is 9.88. The van der Waals surface area contributed by atoms with E-state index >= 15 is 0 Å². The Kier molecular flexibility index (Phi) is 7.52. The number of esters is 2. The number of rotatable bonds is 10. The lowest BCUT2D eigenvalue weighted by Crippen LogP contribution is -2.47. The average molecular weight is 395 g/mol. The van der Waals surface area contributed by atoms with Gasteiger partial charge in [0.05, 0.1) is 13.5 Å². The summed E-state index contributed by atoms with van der Waals surface area (Å²) in [5.41, 5.74) is -1.63. The predicted molar refractivity (Wildman–Crippen MR) is 104 cm³/mol. The Morgan fingerprint density at radius 3 is 2.82 bits per heavy atom. The van der Waals surface area contributed by atoms with E-state index < -0.39 is 17.0 Å². The van der Waals surface area contributed by atoms with Crippen molar-refractivity contribution in [3.8, 4) is 0 Å². The highest BCUT2D eigenvalue weighted by molar-refractivity contribution is 5.90. The first kappa shape index (κ1) is 21.3. The molecule has 0 radical (unpaired) electrons. The zero-order chi connectivity index (χ0) is 19.9. The lowest BCUT2D eigenvalue weighted by Gasteiger charge is -2.32. The van der Waals surface area contributed by atoms with Crippen LogP contribution in [0, 0.1) is 5.41 Å². The number of carbonyl (C=O) groups is 2. The highest BCUT2D eigenvalue weighted by atomic mass is 16.7. The van der Waals surface area contributed by atoms with Gasteiger partial charge in [-0.3, -0.25) is 4.79 Å². The van der Waals surface area contributed by atoms with Gasteiger partial charge < -0.3 is 18.9 Å². The molecule has 1 saturated carbocycles. The van der Waals surface area contributed by atoms with E-state index in [0.29, 0.717) is 6.42 Å². The summed E-state index contributed by atoms with van der Waals surface area (Å²) in [6, 6.07) is 0. The molecule has 1 aliphatic carbocycles. The number of fused-ring (bicyclic) bond motifs is 1. The molecule has 0 amide bonds. The summed E-state index contributed by atoms with van der Waals surface area (Å²) in [7, 11) is 1.36. The van der Waals surface area contributed by atoms with Crippen LogP contribution in [0.4, 0.5) is 0 Å². The standard InChI is InChI=1S/C22H34O6/c1-25-20(24)22-14-10-13-21(22,17-18(23)28-22)12-7-4-2-3-5-8-15-26-19-11-6-9-16-27-19/h7,12,19H,2-6,8-11,13-17H2,1H3/t19?,21-,22-/m0/s1. The van der Waals surface area contributed by atoms with Crippen LogP contribution >= 0.6 is 0 Å². The fourth-order valence-electron chi connectivity index (χ4n) is 4.85. The van der Waals surface area contributed by atoms with Gasteiger partial charge in [-0.1, -0.05) is 25.0 Å². The Bertz CT molecular complexity index is 567. The van der Waals surface area contributed by atoms with Crippen LogP contribution in [-0.2, 0) is 28.5 Å². The molecule has 3 aliphatic rings. The van der Waals surface area contributed by atoms with Gasteiger partial charge in [0.2, 0.25) is 5.60 Å². The first-order valence-corrected chi connectivity index (χ1v) is 10.8. The van der Waals surface area contributed by atoms with E-state index in [4.69, 9.17) is 18.9 Å². The maximum Gasteiger partial charge on any atom is 0.351 e. The van der Waals surface area contributed by atoms with Crippen LogP contribution in [0.25, 0.3) is 0 Å². The van der Waals surface area contributed by atoms with Crippen LogP contribution < -0.4 is 0 Å². The first-order chi connectivity index (χ1) is 13.6. The third-order valence-electron chi connectivity index (χ3n) is 6.36. The molecule has 3 atom stereocenters. The second-order valence-corrected chi connectivity index (χ2v) is 8.25. The van der Waals surface area contributed by atoms with Crippen LogP contribution in [0.5, 0.6) is 0 Å². The minimum absolute atomic E-state index is 0.00812. The van der Waals surface area contributed by atoms with Gasteiger partial charge in [0.15, 0.2) is 6.29 Å². The molecule has 0 spiro atoms. The van der Waals surface area contributed by atoms with E-state index in [1.807, 2.05) is 0 Å². The minimum atomic E-state index is -1.10. The van der Waals surface area contributed by atoms with Crippen molar-refractivity contribution in [2.24, 2.45) is 5.41 Å². The SMILES string of the molecule is COC(=O)[C@@]12CCC[C@@]1(C=CCCCCCCOC1CCCCO1)CC(=O)O2. The fourth-order valence-corrected chi connectivity index (χ4v) is 4.85. The van der Waals surface area contributed by atoms with Crippen molar-refractivity contribution in [3.05, 3.63) is 12.2 Å². The maximum absolute atomic E-state index is 12.4. The van der Waals surface area contributed by atoms with Crippen molar-refractivity contribution in [3.63, 3.8) is 0 Å². The quantitative estimate of drug-likeness (QED) is 0.316. The molecule has 28 heavy (non-hydrogen) atoms. The molecule has 0 aromatic carbocycles. The van der Waals surface area contributed by atoms with Crippen molar-refractivity contribution < 1.29 is 28.5 Å². The number of carbonyl (C=O) groups excluding carboxylic acids is 2. The molecule has 6 nitrogen and oxygen atoms in total. The van der Waals surface area contributed by atoms with Crippen LogP contribution in [0.3, 0.4) is 0 Å². The lowest BCUT2D eigenvalue weighted by molar-refractivity contribution is -0.176. The van der Waals surface area contributed by atoms with Gasteiger partial charge in [-0.05, 0) is 57.8 Å². The molecular weight excluding hydrogens is 360 g/mol. The number of methoxy groups -OCH3 is 1. The molecule has 158 valence electrons. The van der Waals surface area contributed by atoms with Crippen LogP contribution in [0.2, 0.25) is 0 Å². The predicted octanol–water partition coefficient (Wildman–Crippen LogP) is 4.07. The largest absolute Gasteiger partial charge is 0.466 e. The molecule has 3 fully saturated rings. The number of hydrogen-bond donors (Lipinski definition) is 0. The molecule has 2 heterocycles. The zero-order valence-corrected chi connectivity index (χ0v) is 17.1. The van der Waals surface area contributed by atoms with E-state index in [-0.39, 0.29) is 18.7 Å². The summed E-state index contributed by atoms with van der Waals surface area (Å²) < 4.78 is 21.8. The van der Waals surface area contributed by atoms with Gasteiger partial charge in [0.1, 0.15) is 0 Å². The Morgan fingerprint density at radius 2 is 2.04 bits per heavy atom. The molecular formula is C22H34O6. The molecule has 2 saturated heterocycles. The maximum atomic E-state index is 12.4. The Labute approximate surface area is 167 Å². The summed E-state index contributed by atoms with van der Waals surface area (Å²) in [6.45, 7) is 1.59. The van der Waals surface area contributed by atoms with Crippen molar-refractivity contribution in [1.82, 2.24) is 0 Å². The van der Waals surface area contributed by atoms with Gasteiger partial charge >= 0.3 is 11.9 Å². The fraction of sp³-hybridized carbons (Fsp3) is 0.818. The minimum Gasteiger partial charge on any atom is -0.466 e. The summed E-state index contributed by atoms with van der Waals surface area (Å²) in [4.78, 5) is 24.3. The number of ether oxygens (including phenoxy) is 4. The molecule has 0 aromatic rings. The molecule has 0 bridgehead atoms. The molecule has 2 aliphatic heterocycles. The van der Waals surface area contributed by atoms with Gasteiger partial charge in [-0.2, -0.15) is 0 Å². The average Bonchev–Trinajstić information content (AvgIpc) is 3.18. The van der Waals surface area contributed by atoms with E-state index in [2.05, 4.69) is 12.2 Å². The Balaban J connectivity index is 1.36. The highest BCUT2D eigenvalue weighted by Gasteiger charge is 2.67. The van der Waals surface area contributed by atoms with Crippen LogP contribution in [-0.4, -0.2) is 44.2 Å². The topological polar surface area (TPSA) is 71.1 Å². The smallest absolute Gasteiger partial charge is 0.351 e. The highest BCUT2D eigenvalue weighted by Crippen LogP contribution is 2.57. The van der Waals surface area contributed by atoms with Gasteiger partial charge in [-0.25, -0.2) is 4.79 Å². The molecule has 1 unspecified atom stereocenters. The second-order valence-electron chi connectivity index (χ2n) is 8.25.